The third-order valence-corrected chi connectivity index (χ3v) is 7.68. The van der Waals surface area contributed by atoms with Crippen LogP contribution in [0.3, 0.4) is 0 Å². The molecule has 1 fully saturated rings. The summed E-state index contributed by atoms with van der Waals surface area (Å²) in [6.07, 6.45) is 1.47. The Kier molecular flexibility index (Phi) is 10.8. The number of rotatable bonds is 11. The normalized spacial score (nSPS) is 16.9. The van der Waals surface area contributed by atoms with Crippen LogP contribution in [0.2, 0.25) is 0 Å². The maximum Gasteiger partial charge on any atom is 0.410 e. The van der Waals surface area contributed by atoms with Crippen molar-refractivity contribution in [2.24, 2.45) is 0 Å². The van der Waals surface area contributed by atoms with Crippen LogP contribution in [0.25, 0.3) is 11.1 Å². The van der Waals surface area contributed by atoms with Crippen molar-refractivity contribution in [3.8, 4) is 28.8 Å². The fraction of sp³-hybridized carbons (Fsp3) is 0.378. The molecule has 2 aromatic carbocycles. The summed E-state index contributed by atoms with van der Waals surface area (Å²) in [7, 11) is 0. The number of ether oxygens (including phenoxy) is 4. The highest BCUT2D eigenvalue weighted by atomic mass is 16.6. The van der Waals surface area contributed by atoms with Crippen molar-refractivity contribution in [2.75, 3.05) is 26.2 Å². The Morgan fingerprint density at radius 3 is 2.07 bits per heavy atom. The van der Waals surface area contributed by atoms with Gasteiger partial charge in [-0.15, -0.1) is 0 Å². The minimum Gasteiger partial charge on any atom is -0.476 e. The second-order valence-corrected chi connectivity index (χ2v) is 12.6. The van der Waals surface area contributed by atoms with E-state index >= 15 is 0 Å². The highest BCUT2D eigenvalue weighted by Crippen LogP contribution is 2.33. The first kappa shape index (κ1) is 32.8. The molecule has 0 aliphatic carbocycles. The first-order valence-electron chi connectivity index (χ1n) is 15.8. The van der Waals surface area contributed by atoms with Gasteiger partial charge in [-0.1, -0.05) is 60.7 Å². The van der Waals surface area contributed by atoms with Crippen molar-refractivity contribution in [1.82, 2.24) is 19.8 Å². The molecule has 0 unspecified atom stereocenters. The summed E-state index contributed by atoms with van der Waals surface area (Å²) in [4.78, 5) is 26.0. The third kappa shape index (κ3) is 9.20. The predicted octanol–water partition coefficient (Wildman–Crippen LogP) is 7.01. The molecule has 0 N–H and O–H groups in total. The second kappa shape index (κ2) is 15.1. The molecule has 5 rings (SSSR count). The Labute approximate surface area is 272 Å². The van der Waals surface area contributed by atoms with Gasteiger partial charge in [0, 0.05) is 55.6 Å². The molecular formula is C37H44N4O5. The quantitative estimate of drug-likeness (QED) is 0.176. The molecule has 0 saturated carbocycles. The fourth-order valence-electron chi connectivity index (χ4n) is 5.48. The first-order chi connectivity index (χ1) is 22.1. The van der Waals surface area contributed by atoms with Crippen LogP contribution in [0.15, 0.2) is 91.1 Å². The van der Waals surface area contributed by atoms with Gasteiger partial charge >= 0.3 is 6.09 Å². The van der Waals surface area contributed by atoms with Crippen molar-refractivity contribution in [3.63, 3.8) is 0 Å². The van der Waals surface area contributed by atoms with E-state index in [9.17, 15) is 4.79 Å². The molecule has 9 heteroatoms. The minimum atomic E-state index is -0.515. The van der Waals surface area contributed by atoms with E-state index in [1.54, 1.807) is 11.1 Å². The number of amides is 1. The lowest BCUT2D eigenvalue weighted by Crippen LogP contribution is -2.59. The third-order valence-electron chi connectivity index (χ3n) is 7.68. The molecular weight excluding hydrogens is 580 g/mol. The average molecular weight is 625 g/mol. The van der Waals surface area contributed by atoms with Crippen LogP contribution in [-0.4, -0.2) is 69.8 Å². The van der Waals surface area contributed by atoms with Crippen molar-refractivity contribution in [1.29, 1.82) is 0 Å². The van der Waals surface area contributed by atoms with Gasteiger partial charge in [0.15, 0.2) is 0 Å². The summed E-state index contributed by atoms with van der Waals surface area (Å²) < 4.78 is 24.0. The molecule has 0 spiro atoms. The highest BCUT2D eigenvalue weighted by Gasteiger charge is 2.33. The van der Waals surface area contributed by atoms with Gasteiger partial charge < -0.3 is 23.8 Å². The lowest BCUT2D eigenvalue weighted by molar-refractivity contribution is -0.0101. The molecule has 46 heavy (non-hydrogen) atoms. The van der Waals surface area contributed by atoms with E-state index in [1.165, 1.54) is 0 Å². The molecule has 0 bridgehead atoms. The van der Waals surface area contributed by atoms with E-state index in [2.05, 4.69) is 23.7 Å². The smallest absolute Gasteiger partial charge is 0.410 e. The van der Waals surface area contributed by atoms with E-state index < -0.39 is 5.60 Å². The van der Waals surface area contributed by atoms with Crippen LogP contribution in [0.4, 0.5) is 4.79 Å². The molecule has 1 aliphatic rings. The van der Waals surface area contributed by atoms with Gasteiger partial charge in [0.05, 0.1) is 0 Å². The topological polar surface area (TPSA) is 86.3 Å². The number of carbonyl (C=O) groups excluding carboxylic acids is 1. The van der Waals surface area contributed by atoms with Crippen LogP contribution in [0.5, 0.6) is 17.6 Å². The Morgan fingerprint density at radius 1 is 0.804 bits per heavy atom. The summed E-state index contributed by atoms with van der Waals surface area (Å²) >= 11 is 0. The van der Waals surface area contributed by atoms with E-state index in [1.807, 2.05) is 106 Å². The maximum atomic E-state index is 12.6. The largest absolute Gasteiger partial charge is 0.476 e. The van der Waals surface area contributed by atoms with Crippen LogP contribution in [0, 0.1) is 0 Å². The molecule has 2 atom stereocenters. The zero-order valence-corrected chi connectivity index (χ0v) is 27.4. The molecule has 3 heterocycles. The Bertz CT molecular complexity index is 1550. The molecule has 1 aliphatic heterocycles. The summed E-state index contributed by atoms with van der Waals surface area (Å²) in [5.41, 5.74) is 3.28. The number of aromatic nitrogens is 2. The van der Waals surface area contributed by atoms with Gasteiger partial charge in [-0.05, 0) is 63.4 Å². The van der Waals surface area contributed by atoms with E-state index in [-0.39, 0.29) is 18.2 Å². The Morgan fingerprint density at radius 2 is 1.43 bits per heavy atom. The lowest BCUT2D eigenvalue weighted by atomic mass is 10.1. The second-order valence-electron chi connectivity index (χ2n) is 12.6. The maximum absolute atomic E-state index is 12.6. The summed E-state index contributed by atoms with van der Waals surface area (Å²) in [5, 5.41) is 0. The van der Waals surface area contributed by atoms with Gasteiger partial charge in [0.1, 0.15) is 25.4 Å². The number of hydrogen-bond donors (Lipinski definition) is 0. The van der Waals surface area contributed by atoms with Crippen LogP contribution in [-0.2, 0) is 18.0 Å². The number of benzene rings is 2. The average Bonchev–Trinajstić information content (AvgIpc) is 3.04. The fourth-order valence-corrected chi connectivity index (χ4v) is 5.48. The number of pyridine rings is 2. The van der Waals surface area contributed by atoms with Crippen LogP contribution >= 0.6 is 0 Å². The molecule has 2 aromatic heterocycles. The molecule has 242 valence electrons. The SMILES string of the molecule is C[C@@H]1CN(C(=O)OC(C)(C)C)C[C@H](C)N1CCOc1cc(-c2ccc(OCc3ccccc3)nc2OCc2ccccc2)ccn1. The molecule has 9 nitrogen and oxygen atoms in total. The molecule has 1 amide bonds. The van der Waals surface area contributed by atoms with Crippen LogP contribution in [0.1, 0.15) is 45.7 Å². The zero-order chi connectivity index (χ0) is 32.5. The van der Waals surface area contributed by atoms with Gasteiger partial charge in [-0.3, -0.25) is 4.90 Å². The Balaban J connectivity index is 1.24. The summed E-state index contributed by atoms with van der Waals surface area (Å²) in [6, 6.07) is 28.0. The minimum absolute atomic E-state index is 0.164. The van der Waals surface area contributed by atoms with Crippen molar-refractivity contribution < 1.29 is 23.7 Å². The van der Waals surface area contributed by atoms with Gasteiger partial charge in [0.25, 0.3) is 0 Å². The molecule has 1 saturated heterocycles. The number of hydrogen-bond acceptors (Lipinski definition) is 8. The number of nitrogens with zero attached hydrogens (tertiary/aromatic N) is 4. The van der Waals surface area contributed by atoms with Crippen molar-refractivity contribution >= 4 is 6.09 Å². The van der Waals surface area contributed by atoms with E-state index in [4.69, 9.17) is 23.9 Å². The summed E-state index contributed by atoms with van der Waals surface area (Å²) in [6.45, 7) is 13.1. The zero-order valence-electron chi connectivity index (χ0n) is 27.4. The van der Waals surface area contributed by atoms with Gasteiger partial charge in [-0.25, -0.2) is 9.78 Å². The number of piperazine rings is 1. The van der Waals surface area contributed by atoms with Gasteiger partial charge in [-0.2, -0.15) is 4.98 Å². The van der Waals surface area contributed by atoms with E-state index in [0.29, 0.717) is 57.1 Å². The van der Waals surface area contributed by atoms with Gasteiger partial charge in [0.2, 0.25) is 17.6 Å². The monoisotopic (exact) mass is 624 g/mol. The number of carbonyl (C=O) groups is 1. The summed E-state index contributed by atoms with van der Waals surface area (Å²) in [5.74, 6) is 1.47. The van der Waals surface area contributed by atoms with E-state index in [0.717, 1.165) is 22.3 Å². The molecule has 0 radical (unpaired) electrons. The lowest BCUT2D eigenvalue weighted by Gasteiger charge is -2.44. The predicted molar refractivity (Wildman–Crippen MR) is 178 cm³/mol. The molecule has 4 aromatic rings. The highest BCUT2D eigenvalue weighted by molar-refractivity contribution is 5.70. The van der Waals surface area contributed by atoms with Crippen LogP contribution < -0.4 is 14.2 Å². The standard InChI is InChI=1S/C37H44N4O5/c1-27-23-40(36(42)46-37(3,4)5)24-28(2)41(27)20-21-43-34-22-31(18-19-38-34)32-16-17-33(44-25-29-12-8-6-9-13-29)39-35(32)45-26-30-14-10-7-11-15-30/h6-19,22,27-28H,20-21,23-26H2,1-5H3/t27-,28+. The Hall–Kier alpha value is -4.63. The van der Waals surface area contributed by atoms with Crippen molar-refractivity contribution in [2.45, 2.75) is 65.5 Å². The first-order valence-corrected chi connectivity index (χ1v) is 15.8. The van der Waals surface area contributed by atoms with Crippen molar-refractivity contribution in [3.05, 3.63) is 102 Å².